The predicted octanol–water partition coefficient (Wildman–Crippen LogP) is 2.12. The number of hydrogen-bond donors (Lipinski definition) is 1. The summed E-state index contributed by atoms with van der Waals surface area (Å²) in [6.07, 6.45) is 5.20. The lowest BCUT2D eigenvalue weighted by Crippen LogP contribution is -2.21. The van der Waals surface area contributed by atoms with Gasteiger partial charge in [-0.25, -0.2) is 4.98 Å². The minimum absolute atomic E-state index is 0.315. The maximum Gasteiger partial charge on any atom is 0.0896 e. The molecule has 1 atom stereocenters. The molecule has 0 amide bonds. The third-order valence-corrected chi connectivity index (χ3v) is 2.73. The molecule has 12 heavy (non-hydrogen) atoms. The van der Waals surface area contributed by atoms with Crippen molar-refractivity contribution in [3.63, 3.8) is 0 Å². The monoisotopic (exact) mass is 184 g/mol. The molecule has 0 radical (unpaired) electrons. The lowest BCUT2D eigenvalue weighted by Gasteiger charge is -2.06. The van der Waals surface area contributed by atoms with Gasteiger partial charge in [-0.05, 0) is 19.8 Å². The summed E-state index contributed by atoms with van der Waals surface area (Å²) in [5, 5.41) is 1.13. The average molecular weight is 184 g/mol. The molecule has 1 heterocycles. The van der Waals surface area contributed by atoms with Crippen LogP contribution in [0.2, 0.25) is 0 Å². The van der Waals surface area contributed by atoms with Gasteiger partial charge in [0, 0.05) is 17.1 Å². The molecule has 0 aliphatic carbocycles. The maximum atomic E-state index is 5.90. The van der Waals surface area contributed by atoms with Crippen LogP contribution in [0, 0.1) is 6.92 Å². The second kappa shape index (κ2) is 4.58. The van der Waals surface area contributed by atoms with Crippen LogP contribution < -0.4 is 5.73 Å². The fourth-order valence-electron chi connectivity index (χ4n) is 1.23. The van der Waals surface area contributed by atoms with Crippen LogP contribution in [-0.2, 0) is 6.42 Å². The lowest BCUT2D eigenvalue weighted by atomic mass is 10.1. The molecule has 2 nitrogen and oxygen atoms in total. The van der Waals surface area contributed by atoms with E-state index in [0.717, 1.165) is 17.8 Å². The van der Waals surface area contributed by atoms with Gasteiger partial charge in [-0.15, -0.1) is 11.3 Å². The van der Waals surface area contributed by atoms with Crippen molar-refractivity contribution in [2.75, 3.05) is 0 Å². The molecule has 0 fully saturated rings. The molecule has 0 saturated heterocycles. The number of rotatable bonds is 4. The maximum absolute atomic E-state index is 5.90. The van der Waals surface area contributed by atoms with Crippen molar-refractivity contribution in [1.82, 2.24) is 4.98 Å². The molecule has 1 aromatic rings. The lowest BCUT2D eigenvalue weighted by molar-refractivity contribution is 0.604. The molecule has 2 N–H and O–H groups in total. The molecule has 1 rings (SSSR count). The van der Waals surface area contributed by atoms with Crippen molar-refractivity contribution in [2.45, 2.75) is 39.2 Å². The SMILES string of the molecule is CCCC(N)Cc1cnc(C)s1. The van der Waals surface area contributed by atoms with Crippen molar-refractivity contribution in [3.05, 3.63) is 16.1 Å². The Labute approximate surface area is 77.8 Å². The third kappa shape index (κ3) is 2.91. The molecular weight excluding hydrogens is 168 g/mol. The van der Waals surface area contributed by atoms with E-state index in [-0.39, 0.29) is 0 Å². The van der Waals surface area contributed by atoms with Gasteiger partial charge < -0.3 is 5.73 Å². The summed E-state index contributed by atoms with van der Waals surface area (Å²) in [5.41, 5.74) is 5.90. The number of aryl methyl sites for hydroxylation is 1. The number of nitrogens with two attached hydrogens (primary N) is 1. The first-order valence-electron chi connectivity index (χ1n) is 4.39. The van der Waals surface area contributed by atoms with E-state index in [1.165, 1.54) is 11.3 Å². The van der Waals surface area contributed by atoms with Gasteiger partial charge in [0.25, 0.3) is 0 Å². The Balaban J connectivity index is 2.41. The highest BCUT2D eigenvalue weighted by atomic mass is 32.1. The summed E-state index contributed by atoms with van der Waals surface area (Å²) in [6, 6.07) is 0.315. The fourth-order valence-corrected chi connectivity index (χ4v) is 2.12. The summed E-state index contributed by atoms with van der Waals surface area (Å²) >= 11 is 1.75. The standard InChI is InChI=1S/C9H16N2S/c1-3-4-8(10)5-9-6-11-7(2)12-9/h6,8H,3-5,10H2,1-2H3. The average Bonchev–Trinajstić information content (AvgIpc) is 2.36. The predicted molar refractivity (Wildman–Crippen MR) is 53.4 cm³/mol. The Morgan fingerprint density at radius 2 is 2.42 bits per heavy atom. The van der Waals surface area contributed by atoms with Gasteiger partial charge in [0.15, 0.2) is 0 Å². The van der Waals surface area contributed by atoms with Crippen LogP contribution in [0.15, 0.2) is 6.20 Å². The summed E-state index contributed by atoms with van der Waals surface area (Å²) in [4.78, 5) is 5.51. The van der Waals surface area contributed by atoms with Gasteiger partial charge in [-0.1, -0.05) is 13.3 Å². The smallest absolute Gasteiger partial charge is 0.0896 e. The fraction of sp³-hybridized carbons (Fsp3) is 0.667. The number of thiazole rings is 1. The van der Waals surface area contributed by atoms with E-state index < -0.39 is 0 Å². The van der Waals surface area contributed by atoms with Crippen LogP contribution in [0.25, 0.3) is 0 Å². The van der Waals surface area contributed by atoms with Crippen molar-refractivity contribution in [1.29, 1.82) is 0 Å². The molecule has 0 spiro atoms. The van der Waals surface area contributed by atoms with Gasteiger partial charge in [-0.3, -0.25) is 0 Å². The van der Waals surface area contributed by atoms with Gasteiger partial charge in [0.1, 0.15) is 0 Å². The molecule has 1 unspecified atom stereocenters. The van der Waals surface area contributed by atoms with Crippen molar-refractivity contribution in [3.8, 4) is 0 Å². The topological polar surface area (TPSA) is 38.9 Å². The Morgan fingerprint density at radius 1 is 1.67 bits per heavy atom. The number of nitrogens with zero attached hydrogens (tertiary/aromatic N) is 1. The van der Waals surface area contributed by atoms with Gasteiger partial charge in [0.2, 0.25) is 0 Å². The normalized spacial score (nSPS) is 13.2. The van der Waals surface area contributed by atoms with Crippen LogP contribution in [0.1, 0.15) is 29.7 Å². The van der Waals surface area contributed by atoms with E-state index >= 15 is 0 Å². The molecule has 0 aliphatic rings. The zero-order valence-electron chi connectivity index (χ0n) is 7.71. The summed E-state index contributed by atoms with van der Waals surface area (Å²) in [7, 11) is 0. The third-order valence-electron chi connectivity index (χ3n) is 1.79. The molecule has 0 saturated carbocycles. The van der Waals surface area contributed by atoms with Crippen LogP contribution >= 0.6 is 11.3 Å². The quantitative estimate of drug-likeness (QED) is 0.778. The van der Waals surface area contributed by atoms with Crippen LogP contribution in [-0.4, -0.2) is 11.0 Å². The van der Waals surface area contributed by atoms with Gasteiger partial charge in [-0.2, -0.15) is 0 Å². The zero-order chi connectivity index (χ0) is 8.97. The van der Waals surface area contributed by atoms with Crippen molar-refractivity contribution >= 4 is 11.3 Å². The van der Waals surface area contributed by atoms with Gasteiger partial charge in [0.05, 0.1) is 5.01 Å². The van der Waals surface area contributed by atoms with E-state index in [2.05, 4.69) is 11.9 Å². The Morgan fingerprint density at radius 3 is 2.92 bits per heavy atom. The molecule has 68 valence electrons. The van der Waals surface area contributed by atoms with Crippen LogP contribution in [0.4, 0.5) is 0 Å². The summed E-state index contributed by atoms with van der Waals surface area (Å²) in [6.45, 7) is 4.19. The van der Waals surface area contributed by atoms with E-state index in [4.69, 9.17) is 5.73 Å². The van der Waals surface area contributed by atoms with E-state index in [1.807, 2.05) is 13.1 Å². The highest BCUT2D eigenvalue weighted by molar-refractivity contribution is 7.11. The molecule has 0 aromatic carbocycles. The minimum atomic E-state index is 0.315. The summed E-state index contributed by atoms with van der Waals surface area (Å²) < 4.78 is 0. The number of hydrogen-bond acceptors (Lipinski definition) is 3. The number of aromatic nitrogens is 1. The molecule has 1 aromatic heterocycles. The minimum Gasteiger partial charge on any atom is -0.327 e. The molecular formula is C9H16N2S. The Bertz CT molecular complexity index is 232. The first-order valence-corrected chi connectivity index (χ1v) is 5.21. The van der Waals surface area contributed by atoms with E-state index in [9.17, 15) is 0 Å². The first kappa shape index (κ1) is 9.68. The second-order valence-corrected chi connectivity index (χ2v) is 4.42. The molecule has 3 heteroatoms. The van der Waals surface area contributed by atoms with Crippen LogP contribution in [0.3, 0.4) is 0 Å². The largest absolute Gasteiger partial charge is 0.327 e. The second-order valence-electron chi connectivity index (χ2n) is 3.10. The highest BCUT2D eigenvalue weighted by Gasteiger charge is 2.04. The molecule has 0 aliphatic heterocycles. The van der Waals surface area contributed by atoms with E-state index in [0.29, 0.717) is 6.04 Å². The first-order chi connectivity index (χ1) is 5.72. The Kier molecular flexibility index (Phi) is 3.69. The zero-order valence-corrected chi connectivity index (χ0v) is 8.53. The van der Waals surface area contributed by atoms with E-state index in [1.54, 1.807) is 11.3 Å². The Hall–Kier alpha value is -0.410. The summed E-state index contributed by atoms with van der Waals surface area (Å²) in [5.74, 6) is 0. The molecule has 0 bridgehead atoms. The highest BCUT2D eigenvalue weighted by Crippen LogP contribution is 2.14. The van der Waals surface area contributed by atoms with Crippen molar-refractivity contribution < 1.29 is 0 Å². The van der Waals surface area contributed by atoms with Crippen molar-refractivity contribution in [2.24, 2.45) is 5.73 Å². The van der Waals surface area contributed by atoms with Gasteiger partial charge >= 0.3 is 0 Å². The van der Waals surface area contributed by atoms with Crippen LogP contribution in [0.5, 0.6) is 0 Å².